The maximum Gasteiger partial charge on any atom is 0.224 e. The number of aromatic nitrogens is 2. The minimum Gasteiger partial charge on any atom is -0.493 e. The Hall–Kier alpha value is -3.17. The molecule has 1 aliphatic heterocycles. The monoisotopic (exact) mass is 541 g/mol. The standard InChI is InChI=1S/C28H33ClFN5O3/c1-31-28(36)17-5-4-12-35(15-17)18-8-10-19(11-9-18)38-25-13-20-23(14-24(25)37-2)32-16-33-27(20)34-22-7-3-6-21(29)26(22)30/h3,6-7,13-14,16-19H,4-5,8-12,15H2,1-2H3,(H,31,36)(H,32,33,34)/t17-,18?,19?/m1/s1. The Morgan fingerprint density at radius 1 is 1.13 bits per heavy atom. The van der Waals surface area contributed by atoms with Crippen molar-refractivity contribution in [3.8, 4) is 11.5 Å². The molecule has 10 heteroatoms. The van der Waals surface area contributed by atoms with Crippen LogP contribution < -0.4 is 20.1 Å². The third-order valence-electron chi connectivity index (χ3n) is 7.65. The van der Waals surface area contributed by atoms with Crippen molar-refractivity contribution in [1.82, 2.24) is 20.2 Å². The predicted octanol–water partition coefficient (Wildman–Crippen LogP) is 5.32. The van der Waals surface area contributed by atoms with Gasteiger partial charge in [0.25, 0.3) is 0 Å². The third-order valence-corrected chi connectivity index (χ3v) is 7.94. The van der Waals surface area contributed by atoms with E-state index in [9.17, 15) is 9.18 Å². The van der Waals surface area contributed by atoms with Crippen LogP contribution in [0.2, 0.25) is 5.02 Å². The average molecular weight is 542 g/mol. The number of amides is 1. The van der Waals surface area contributed by atoms with Crippen LogP contribution in [0.5, 0.6) is 11.5 Å². The molecule has 2 aromatic carbocycles. The van der Waals surface area contributed by atoms with Gasteiger partial charge < -0.3 is 20.1 Å². The molecule has 2 N–H and O–H groups in total. The molecule has 2 aliphatic rings. The first-order valence-electron chi connectivity index (χ1n) is 13.1. The van der Waals surface area contributed by atoms with Gasteiger partial charge in [-0.05, 0) is 63.3 Å². The van der Waals surface area contributed by atoms with E-state index < -0.39 is 5.82 Å². The van der Waals surface area contributed by atoms with Crippen molar-refractivity contribution < 1.29 is 18.7 Å². The molecule has 202 valence electrons. The second-order valence-corrected chi connectivity index (χ2v) is 10.4. The minimum absolute atomic E-state index is 0.0309. The van der Waals surface area contributed by atoms with Crippen molar-refractivity contribution in [3.05, 3.63) is 47.5 Å². The zero-order valence-electron chi connectivity index (χ0n) is 21.7. The van der Waals surface area contributed by atoms with Gasteiger partial charge in [0.15, 0.2) is 17.3 Å². The lowest BCUT2D eigenvalue weighted by molar-refractivity contribution is -0.126. The van der Waals surface area contributed by atoms with E-state index in [-0.39, 0.29) is 28.6 Å². The Labute approximate surface area is 226 Å². The molecule has 1 atom stereocenters. The molecule has 8 nitrogen and oxygen atoms in total. The van der Waals surface area contributed by atoms with E-state index in [2.05, 4.69) is 25.5 Å². The highest BCUT2D eigenvalue weighted by Gasteiger charge is 2.32. The van der Waals surface area contributed by atoms with Crippen LogP contribution in [0.3, 0.4) is 0 Å². The summed E-state index contributed by atoms with van der Waals surface area (Å²) in [5.41, 5.74) is 0.874. The molecule has 1 saturated heterocycles. The van der Waals surface area contributed by atoms with Crippen LogP contribution in [0.1, 0.15) is 38.5 Å². The number of nitrogens with one attached hydrogen (secondary N) is 2. The maximum absolute atomic E-state index is 14.5. The third kappa shape index (κ3) is 5.63. The number of carbonyl (C=O) groups is 1. The van der Waals surface area contributed by atoms with Gasteiger partial charge in [0.2, 0.25) is 5.91 Å². The molecule has 5 rings (SSSR count). The molecule has 0 bridgehead atoms. The number of carbonyl (C=O) groups excluding carboxylic acids is 1. The topological polar surface area (TPSA) is 88.6 Å². The Morgan fingerprint density at radius 3 is 2.71 bits per heavy atom. The summed E-state index contributed by atoms with van der Waals surface area (Å²) in [6, 6.07) is 8.91. The summed E-state index contributed by atoms with van der Waals surface area (Å²) in [5.74, 6) is 1.32. The Balaban J connectivity index is 1.30. The molecule has 38 heavy (non-hydrogen) atoms. The highest BCUT2D eigenvalue weighted by Crippen LogP contribution is 2.38. The number of hydrogen-bond acceptors (Lipinski definition) is 7. The normalized spacial score (nSPS) is 22.2. The van der Waals surface area contributed by atoms with Crippen LogP contribution in [0.25, 0.3) is 10.9 Å². The Bertz CT molecular complexity index is 1300. The number of benzene rings is 2. The van der Waals surface area contributed by atoms with Gasteiger partial charge in [-0.25, -0.2) is 14.4 Å². The van der Waals surface area contributed by atoms with Gasteiger partial charge in [0.1, 0.15) is 12.1 Å². The molecule has 3 aromatic rings. The van der Waals surface area contributed by atoms with Crippen LogP contribution in [-0.4, -0.2) is 60.2 Å². The first-order chi connectivity index (χ1) is 18.5. The first-order valence-corrected chi connectivity index (χ1v) is 13.5. The lowest BCUT2D eigenvalue weighted by Crippen LogP contribution is -2.48. The number of rotatable bonds is 7. The SMILES string of the molecule is CNC(=O)[C@@H]1CCCN(C2CCC(Oc3cc4c(Nc5cccc(Cl)c5F)ncnc4cc3OC)CC2)C1. The lowest BCUT2D eigenvalue weighted by atomic mass is 9.88. The molecule has 1 aromatic heterocycles. The fourth-order valence-corrected chi connectivity index (χ4v) is 5.78. The highest BCUT2D eigenvalue weighted by molar-refractivity contribution is 6.31. The van der Waals surface area contributed by atoms with Crippen molar-refractivity contribution in [1.29, 1.82) is 0 Å². The first kappa shape index (κ1) is 26.4. The molecule has 1 saturated carbocycles. The number of fused-ring (bicyclic) bond motifs is 1. The second-order valence-electron chi connectivity index (χ2n) is 9.97. The molecule has 0 unspecified atom stereocenters. The van der Waals surface area contributed by atoms with Gasteiger partial charge in [0.05, 0.1) is 35.4 Å². The van der Waals surface area contributed by atoms with Crippen LogP contribution in [0.15, 0.2) is 36.7 Å². The smallest absolute Gasteiger partial charge is 0.224 e. The van der Waals surface area contributed by atoms with Crippen LogP contribution in [-0.2, 0) is 4.79 Å². The van der Waals surface area contributed by atoms with Gasteiger partial charge in [0, 0.05) is 31.1 Å². The number of nitrogens with zero attached hydrogens (tertiary/aromatic N) is 3. The summed E-state index contributed by atoms with van der Waals surface area (Å²) in [7, 11) is 3.32. The van der Waals surface area contributed by atoms with Gasteiger partial charge >= 0.3 is 0 Å². The van der Waals surface area contributed by atoms with E-state index in [1.807, 2.05) is 12.1 Å². The zero-order chi connectivity index (χ0) is 26.6. The summed E-state index contributed by atoms with van der Waals surface area (Å²) in [4.78, 5) is 23.3. The second kappa shape index (κ2) is 11.7. The van der Waals surface area contributed by atoms with E-state index in [0.29, 0.717) is 34.3 Å². The number of halogens is 2. The summed E-state index contributed by atoms with van der Waals surface area (Å²) in [6.45, 7) is 1.88. The molecule has 1 aliphatic carbocycles. The molecular weight excluding hydrogens is 509 g/mol. The lowest BCUT2D eigenvalue weighted by Gasteiger charge is -2.41. The van der Waals surface area contributed by atoms with Gasteiger partial charge in [-0.3, -0.25) is 9.69 Å². The molecule has 2 heterocycles. The summed E-state index contributed by atoms with van der Waals surface area (Å²) in [5, 5.41) is 6.56. The summed E-state index contributed by atoms with van der Waals surface area (Å²) >= 11 is 5.95. The van der Waals surface area contributed by atoms with Crippen molar-refractivity contribution in [2.24, 2.45) is 5.92 Å². The Kier molecular flexibility index (Phi) is 8.14. The largest absolute Gasteiger partial charge is 0.493 e. The molecule has 0 spiro atoms. The molecular formula is C28H33ClFN5O3. The van der Waals surface area contributed by atoms with Crippen molar-refractivity contribution in [2.45, 2.75) is 50.7 Å². The Morgan fingerprint density at radius 2 is 1.95 bits per heavy atom. The van der Waals surface area contributed by atoms with Crippen molar-refractivity contribution in [3.63, 3.8) is 0 Å². The average Bonchev–Trinajstić information content (AvgIpc) is 2.95. The molecule has 1 amide bonds. The van der Waals surface area contributed by atoms with E-state index in [4.69, 9.17) is 21.1 Å². The molecule has 2 fully saturated rings. The highest BCUT2D eigenvalue weighted by atomic mass is 35.5. The molecule has 0 radical (unpaired) electrons. The number of anilines is 2. The number of ether oxygens (including phenoxy) is 2. The number of piperidine rings is 1. The fourth-order valence-electron chi connectivity index (χ4n) is 5.61. The van der Waals surface area contributed by atoms with E-state index >= 15 is 0 Å². The van der Waals surface area contributed by atoms with Crippen LogP contribution in [0, 0.1) is 11.7 Å². The predicted molar refractivity (Wildman–Crippen MR) is 146 cm³/mol. The van der Waals surface area contributed by atoms with E-state index in [0.717, 1.165) is 51.6 Å². The van der Waals surface area contributed by atoms with Gasteiger partial charge in [-0.15, -0.1) is 0 Å². The van der Waals surface area contributed by atoms with E-state index in [1.54, 1.807) is 26.3 Å². The van der Waals surface area contributed by atoms with Crippen LogP contribution in [0.4, 0.5) is 15.9 Å². The van der Waals surface area contributed by atoms with Gasteiger partial charge in [-0.2, -0.15) is 0 Å². The van der Waals surface area contributed by atoms with Crippen molar-refractivity contribution in [2.75, 3.05) is 32.6 Å². The maximum atomic E-state index is 14.5. The number of methoxy groups -OCH3 is 1. The number of likely N-dealkylation sites (tertiary alicyclic amines) is 1. The van der Waals surface area contributed by atoms with Crippen LogP contribution >= 0.6 is 11.6 Å². The number of hydrogen-bond donors (Lipinski definition) is 2. The van der Waals surface area contributed by atoms with E-state index in [1.165, 1.54) is 12.4 Å². The van der Waals surface area contributed by atoms with Gasteiger partial charge in [-0.1, -0.05) is 17.7 Å². The fraction of sp³-hybridized carbons (Fsp3) is 0.464. The zero-order valence-corrected chi connectivity index (χ0v) is 22.4. The minimum atomic E-state index is -0.543. The quantitative estimate of drug-likeness (QED) is 0.418. The summed E-state index contributed by atoms with van der Waals surface area (Å²) in [6.07, 6.45) is 7.35. The summed E-state index contributed by atoms with van der Waals surface area (Å²) < 4.78 is 26.6. The van der Waals surface area contributed by atoms with Crippen molar-refractivity contribution >= 4 is 39.9 Å².